The quantitative estimate of drug-likeness (QED) is 0.496. The number of nitrogens with one attached hydrogen (secondary N) is 1. The second kappa shape index (κ2) is 12.1. The van der Waals surface area contributed by atoms with Gasteiger partial charge in [-0.25, -0.2) is 4.79 Å². The molecule has 0 aromatic heterocycles. The summed E-state index contributed by atoms with van der Waals surface area (Å²) in [6.07, 6.45) is 2.92. The van der Waals surface area contributed by atoms with Crippen LogP contribution in [-0.2, 0) is 9.53 Å². The maximum atomic E-state index is 13.1. The van der Waals surface area contributed by atoms with Crippen molar-refractivity contribution in [3.05, 3.63) is 65.7 Å². The zero-order valence-electron chi connectivity index (χ0n) is 19.8. The highest BCUT2D eigenvalue weighted by Crippen LogP contribution is 2.24. The molecular formula is C26H34N2O4. The van der Waals surface area contributed by atoms with Crippen molar-refractivity contribution in [3.8, 4) is 5.75 Å². The van der Waals surface area contributed by atoms with Gasteiger partial charge in [0.15, 0.2) is 0 Å². The highest BCUT2D eigenvalue weighted by molar-refractivity contribution is 5.95. The highest BCUT2D eigenvalue weighted by atomic mass is 16.6. The molecule has 2 rings (SSSR count). The van der Waals surface area contributed by atoms with E-state index in [2.05, 4.69) is 19.2 Å². The van der Waals surface area contributed by atoms with Crippen LogP contribution in [0.2, 0.25) is 0 Å². The zero-order valence-corrected chi connectivity index (χ0v) is 19.8. The first kappa shape index (κ1) is 25.1. The van der Waals surface area contributed by atoms with Crippen LogP contribution in [0.3, 0.4) is 0 Å². The SMILES string of the molecule is CCOC(C)C(=O)Nc1cccc(N(CC=CC(C)C)C(=O)Oc2ccc(C)cc2C)c1. The molecule has 0 aliphatic rings. The number of anilines is 2. The van der Waals surface area contributed by atoms with Crippen molar-refractivity contribution in [1.82, 2.24) is 0 Å². The third-order valence-electron chi connectivity index (χ3n) is 4.77. The van der Waals surface area contributed by atoms with E-state index in [1.165, 1.54) is 0 Å². The minimum absolute atomic E-state index is 0.242. The Kier molecular flexibility index (Phi) is 9.47. The number of carbonyl (C=O) groups excluding carboxylic acids is 2. The summed E-state index contributed by atoms with van der Waals surface area (Å²) in [5.74, 6) is 0.638. The lowest BCUT2D eigenvalue weighted by atomic mass is 10.1. The van der Waals surface area contributed by atoms with Gasteiger partial charge in [0.05, 0.1) is 0 Å². The molecular weight excluding hydrogens is 404 g/mol. The third kappa shape index (κ3) is 7.54. The van der Waals surface area contributed by atoms with Gasteiger partial charge in [0.1, 0.15) is 11.9 Å². The van der Waals surface area contributed by atoms with Crippen LogP contribution in [0.1, 0.15) is 38.8 Å². The number of carbonyl (C=O) groups is 2. The van der Waals surface area contributed by atoms with Crippen LogP contribution in [0.15, 0.2) is 54.6 Å². The van der Waals surface area contributed by atoms with Crippen LogP contribution < -0.4 is 15.0 Å². The molecule has 0 aliphatic carbocycles. The van der Waals surface area contributed by atoms with Crippen molar-refractivity contribution < 1.29 is 19.1 Å². The van der Waals surface area contributed by atoms with Gasteiger partial charge in [0.2, 0.25) is 0 Å². The van der Waals surface area contributed by atoms with Crippen LogP contribution in [0, 0.1) is 19.8 Å². The van der Waals surface area contributed by atoms with Crippen molar-refractivity contribution in [2.24, 2.45) is 5.92 Å². The first-order chi connectivity index (χ1) is 15.2. The van der Waals surface area contributed by atoms with E-state index in [9.17, 15) is 9.59 Å². The molecule has 172 valence electrons. The fraction of sp³-hybridized carbons (Fsp3) is 0.385. The number of nitrogens with zero attached hydrogens (tertiary/aromatic N) is 1. The highest BCUT2D eigenvalue weighted by Gasteiger charge is 2.19. The molecule has 32 heavy (non-hydrogen) atoms. The van der Waals surface area contributed by atoms with Gasteiger partial charge in [-0.15, -0.1) is 0 Å². The lowest BCUT2D eigenvalue weighted by molar-refractivity contribution is -0.126. The molecule has 0 bridgehead atoms. The standard InChI is InChI=1S/C26H34N2O4/c1-7-31-21(6)25(29)27-22-11-8-12-23(17-22)28(15-9-10-18(2)3)26(30)32-24-14-13-19(4)16-20(24)5/h8-14,16-18,21H,7,15H2,1-6H3,(H,27,29). The number of hydrogen-bond acceptors (Lipinski definition) is 4. The Morgan fingerprint density at radius 3 is 2.50 bits per heavy atom. The maximum Gasteiger partial charge on any atom is 0.420 e. The molecule has 6 heteroatoms. The lowest BCUT2D eigenvalue weighted by Gasteiger charge is -2.22. The molecule has 0 heterocycles. The van der Waals surface area contributed by atoms with Gasteiger partial charge < -0.3 is 14.8 Å². The number of hydrogen-bond donors (Lipinski definition) is 1. The van der Waals surface area contributed by atoms with Gasteiger partial charge in [-0.1, -0.05) is 49.8 Å². The van der Waals surface area contributed by atoms with Crippen LogP contribution in [0.5, 0.6) is 5.75 Å². The van der Waals surface area contributed by atoms with E-state index in [1.54, 1.807) is 36.1 Å². The molecule has 0 aliphatic heterocycles. The first-order valence-corrected chi connectivity index (χ1v) is 11.0. The van der Waals surface area contributed by atoms with Crippen molar-refractivity contribution in [2.45, 2.75) is 47.6 Å². The molecule has 1 atom stereocenters. The molecule has 0 fully saturated rings. The third-order valence-corrected chi connectivity index (χ3v) is 4.77. The van der Waals surface area contributed by atoms with Crippen LogP contribution >= 0.6 is 0 Å². The van der Waals surface area contributed by atoms with Crippen LogP contribution in [-0.4, -0.2) is 31.3 Å². The Morgan fingerprint density at radius 2 is 1.84 bits per heavy atom. The maximum absolute atomic E-state index is 13.1. The van der Waals surface area contributed by atoms with E-state index in [0.717, 1.165) is 11.1 Å². The number of aryl methyl sites for hydroxylation is 2. The molecule has 2 aromatic carbocycles. The van der Waals surface area contributed by atoms with Gasteiger partial charge in [-0.05, 0) is 63.4 Å². The van der Waals surface area contributed by atoms with Gasteiger partial charge in [-0.2, -0.15) is 0 Å². The molecule has 1 N–H and O–H groups in total. The predicted octanol–water partition coefficient (Wildman–Crippen LogP) is 5.88. The number of benzene rings is 2. The van der Waals surface area contributed by atoms with Crippen molar-refractivity contribution in [1.29, 1.82) is 0 Å². The monoisotopic (exact) mass is 438 g/mol. The van der Waals surface area contributed by atoms with E-state index in [4.69, 9.17) is 9.47 Å². The first-order valence-electron chi connectivity index (χ1n) is 11.0. The van der Waals surface area contributed by atoms with Crippen LogP contribution in [0.4, 0.5) is 16.2 Å². The number of allylic oxidation sites excluding steroid dienone is 1. The number of rotatable bonds is 9. The Morgan fingerprint density at radius 1 is 1.09 bits per heavy atom. The molecule has 2 aromatic rings. The van der Waals surface area contributed by atoms with Gasteiger partial charge in [0.25, 0.3) is 5.91 Å². The molecule has 0 spiro atoms. The van der Waals surface area contributed by atoms with Gasteiger partial charge in [-0.3, -0.25) is 9.69 Å². The average molecular weight is 439 g/mol. The summed E-state index contributed by atoms with van der Waals surface area (Å²) in [4.78, 5) is 27.0. The summed E-state index contributed by atoms with van der Waals surface area (Å²) in [5, 5.41) is 2.84. The Bertz CT molecular complexity index is 953. The molecule has 0 saturated carbocycles. The molecule has 6 nitrogen and oxygen atoms in total. The fourth-order valence-corrected chi connectivity index (χ4v) is 3.11. The average Bonchev–Trinajstić information content (AvgIpc) is 2.73. The lowest BCUT2D eigenvalue weighted by Crippen LogP contribution is -2.34. The molecule has 0 radical (unpaired) electrons. The summed E-state index contributed by atoms with van der Waals surface area (Å²) in [6, 6.07) is 12.8. The minimum Gasteiger partial charge on any atom is -0.410 e. The van der Waals surface area contributed by atoms with Gasteiger partial charge >= 0.3 is 6.09 Å². The Labute approximate surface area is 191 Å². The van der Waals surface area contributed by atoms with Crippen molar-refractivity contribution in [3.63, 3.8) is 0 Å². The van der Waals surface area contributed by atoms with Crippen molar-refractivity contribution in [2.75, 3.05) is 23.4 Å². The number of amides is 2. The second-order valence-electron chi connectivity index (χ2n) is 8.06. The summed E-state index contributed by atoms with van der Waals surface area (Å²) >= 11 is 0. The minimum atomic E-state index is -0.566. The predicted molar refractivity (Wildman–Crippen MR) is 129 cm³/mol. The Balaban J connectivity index is 2.27. The molecule has 0 saturated heterocycles. The summed E-state index contributed by atoms with van der Waals surface area (Å²) < 4.78 is 11.1. The number of ether oxygens (including phenoxy) is 2. The van der Waals surface area contributed by atoms with E-state index >= 15 is 0 Å². The largest absolute Gasteiger partial charge is 0.420 e. The molecule has 2 amide bonds. The van der Waals surface area contributed by atoms with E-state index < -0.39 is 12.2 Å². The van der Waals surface area contributed by atoms with E-state index in [0.29, 0.717) is 36.2 Å². The second-order valence-corrected chi connectivity index (χ2v) is 8.06. The normalized spacial score (nSPS) is 12.1. The van der Waals surface area contributed by atoms with Crippen molar-refractivity contribution >= 4 is 23.4 Å². The van der Waals surface area contributed by atoms with Gasteiger partial charge in [0, 0.05) is 24.5 Å². The summed E-state index contributed by atoms with van der Waals surface area (Å²) in [5.41, 5.74) is 3.19. The summed E-state index contributed by atoms with van der Waals surface area (Å²) in [7, 11) is 0. The fourth-order valence-electron chi connectivity index (χ4n) is 3.11. The summed E-state index contributed by atoms with van der Waals surface area (Å²) in [6.45, 7) is 12.4. The topological polar surface area (TPSA) is 67.9 Å². The van der Waals surface area contributed by atoms with E-state index in [-0.39, 0.29) is 5.91 Å². The Hall–Kier alpha value is -3.12. The van der Waals surface area contributed by atoms with E-state index in [1.807, 2.05) is 51.1 Å². The molecule has 1 unspecified atom stereocenters. The van der Waals surface area contributed by atoms with Crippen LogP contribution in [0.25, 0.3) is 0 Å². The zero-order chi connectivity index (χ0) is 23.7. The smallest absolute Gasteiger partial charge is 0.410 e.